The summed E-state index contributed by atoms with van der Waals surface area (Å²) in [7, 11) is 1.74. The van der Waals surface area contributed by atoms with Crippen molar-refractivity contribution in [2.24, 2.45) is 7.05 Å². The highest BCUT2D eigenvalue weighted by Gasteiger charge is 2.15. The maximum absolute atomic E-state index is 12.4. The van der Waals surface area contributed by atoms with Crippen molar-refractivity contribution in [3.05, 3.63) is 41.7 Å². The van der Waals surface area contributed by atoms with Gasteiger partial charge in [0.25, 0.3) is 0 Å². The molecule has 5 heteroatoms. The van der Waals surface area contributed by atoms with Gasteiger partial charge < -0.3 is 9.47 Å². The molecule has 20 heavy (non-hydrogen) atoms. The molecule has 0 amide bonds. The van der Waals surface area contributed by atoms with Gasteiger partial charge in [-0.2, -0.15) is 5.10 Å². The Bertz CT molecular complexity index is 605. The number of aryl methyl sites for hydroxylation is 1. The van der Waals surface area contributed by atoms with Crippen molar-refractivity contribution in [3.8, 4) is 11.5 Å². The molecule has 1 heterocycles. The van der Waals surface area contributed by atoms with Gasteiger partial charge in [-0.1, -0.05) is 0 Å². The number of carbonyl (C=O) groups is 1. The highest BCUT2D eigenvalue weighted by atomic mass is 16.5. The van der Waals surface area contributed by atoms with Crippen LogP contribution in [0.25, 0.3) is 0 Å². The van der Waals surface area contributed by atoms with Gasteiger partial charge in [-0.05, 0) is 38.1 Å². The lowest BCUT2D eigenvalue weighted by Crippen LogP contribution is -2.09. The summed E-state index contributed by atoms with van der Waals surface area (Å²) in [6, 6.07) is 6.91. The number of aromatic nitrogens is 2. The first-order valence-corrected chi connectivity index (χ1v) is 6.59. The van der Waals surface area contributed by atoms with Gasteiger partial charge in [-0.25, -0.2) is 0 Å². The predicted octanol–water partition coefficient (Wildman–Crippen LogP) is 2.45. The molecule has 0 unspecified atom stereocenters. The average molecular weight is 274 g/mol. The zero-order chi connectivity index (χ0) is 14.5. The summed E-state index contributed by atoms with van der Waals surface area (Å²) in [5.74, 6) is 1.15. The van der Waals surface area contributed by atoms with E-state index in [1.165, 1.54) is 0 Å². The SMILES string of the molecule is CCOc1ccc(C(=O)c2ccnn2C)cc1OCC. The van der Waals surface area contributed by atoms with Crippen LogP contribution in [0.1, 0.15) is 29.9 Å². The van der Waals surface area contributed by atoms with Crippen molar-refractivity contribution in [1.29, 1.82) is 0 Å². The van der Waals surface area contributed by atoms with Gasteiger partial charge in [-0.15, -0.1) is 0 Å². The van der Waals surface area contributed by atoms with Crippen molar-refractivity contribution in [2.45, 2.75) is 13.8 Å². The van der Waals surface area contributed by atoms with Gasteiger partial charge in [0.15, 0.2) is 11.5 Å². The van der Waals surface area contributed by atoms with Gasteiger partial charge in [0, 0.05) is 18.8 Å². The number of hydrogen-bond donors (Lipinski definition) is 0. The Morgan fingerprint density at radius 1 is 1.15 bits per heavy atom. The maximum Gasteiger partial charge on any atom is 0.211 e. The van der Waals surface area contributed by atoms with Gasteiger partial charge in [0.2, 0.25) is 5.78 Å². The lowest BCUT2D eigenvalue weighted by molar-refractivity contribution is 0.102. The molecule has 0 spiro atoms. The molecule has 0 atom stereocenters. The zero-order valence-corrected chi connectivity index (χ0v) is 11.9. The number of nitrogens with zero attached hydrogens (tertiary/aromatic N) is 2. The Balaban J connectivity index is 2.35. The second-order valence-electron chi connectivity index (χ2n) is 4.20. The molecule has 0 saturated heterocycles. The van der Waals surface area contributed by atoms with E-state index < -0.39 is 0 Å². The smallest absolute Gasteiger partial charge is 0.211 e. The van der Waals surface area contributed by atoms with E-state index in [1.54, 1.807) is 42.2 Å². The van der Waals surface area contributed by atoms with Crippen LogP contribution in [0, 0.1) is 0 Å². The average Bonchev–Trinajstić information content (AvgIpc) is 2.86. The molecule has 0 N–H and O–H groups in total. The molecule has 0 aliphatic rings. The fourth-order valence-electron chi connectivity index (χ4n) is 1.94. The first-order chi connectivity index (χ1) is 9.67. The fraction of sp³-hybridized carbons (Fsp3) is 0.333. The summed E-state index contributed by atoms with van der Waals surface area (Å²) < 4.78 is 12.6. The van der Waals surface area contributed by atoms with Crippen molar-refractivity contribution in [3.63, 3.8) is 0 Å². The third-order valence-electron chi connectivity index (χ3n) is 2.86. The van der Waals surface area contributed by atoms with Gasteiger partial charge in [0.1, 0.15) is 5.69 Å². The Morgan fingerprint density at radius 2 is 1.85 bits per heavy atom. The van der Waals surface area contributed by atoms with Gasteiger partial charge in [0.05, 0.1) is 13.2 Å². The highest BCUT2D eigenvalue weighted by Crippen LogP contribution is 2.29. The third-order valence-corrected chi connectivity index (χ3v) is 2.86. The lowest BCUT2D eigenvalue weighted by atomic mass is 10.1. The first kappa shape index (κ1) is 14.1. The molecule has 0 bridgehead atoms. The van der Waals surface area contributed by atoms with Crippen molar-refractivity contribution < 1.29 is 14.3 Å². The van der Waals surface area contributed by atoms with Gasteiger partial charge in [-0.3, -0.25) is 9.48 Å². The van der Waals surface area contributed by atoms with E-state index in [0.29, 0.717) is 36.0 Å². The van der Waals surface area contributed by atoms with E-state index in [9.17, 15) is 4.79 Å². The molecular weight excluding hydrogens is 256 g/mol. The molecule has 0 fully saturated rings. The van der Waals surface area contributed by atoms with Crippen LogP contribution >= 0.6 is 0 Å². The Morgan fingerprint density at radius 3 is 2.45 bits per heavy atom. The molecule has 0 aliphatic carbocycles. The van der Waals surface area contributed by atoms with E-state index in [1.807, 2.05) is 13.8 Å². The number of carbonyl (C=O) groups excluding carboxylic acids is 1. The first-order valence-electron chi connectivity index (χ1n) is 6.59. The summed E-state index contributed by atoms with van der Waals surface area (Å²) >= 11 is 0. The third kappa shape index (κ3) is 2.82. The topological polar surface area (TPSA) is 53.3 Å². The van der Waals surface area contributed by atoms with E-state index in [4.69, 9.17) is 9.47 Å². The summed E-state index contributed by atoms with van der Waals surface area (Å²) in [6.45, 7) is 4.87. The highest BCUT2D eigenvalue weighted by molar-refractivity contribution is 6.08. The molecule has 106 valence electrons. The minimum atomic E-state index is -0.0889. The Labute approximate surface area is 118 Å². The van der Waals surface area contributed by atoms with E-state index in [2.05, 4.69) is 5.10 Å². The molecule has 2 rings (SSSR count). The van der Waals surface area contributed by atoms with Crippen LogP contribution in [0.4, 0.5) is 0 Å². The van der Waals surface area contributed by atoms with Crippen LogP contribution in [-0.4, -0.2) is 28.8 Å². The van der Waals surface area contributed by atoms with Crippen molar-refractivity contribution in [2.75, 3.05) is 13.2 Å². The summed E-state index contributed by atoms with van der Waals surface area (Å²) in [6.07, 6.45) is 1.60. The quantitative estimate of drug-likeness (QED) is 0.759. The van der Waals surface area contributed by atoms with E-state index in [-0.39, 0.29) is 5.78 Å². The monoisotopic (exact) mass is 274 g/mol. The van der Waals surface area contributed by atoms with Crippen LogP contribution in [0.15, 0.2) is 30.5 Å². The lowest BCUT2D eigenvalue weighted by Gasteiger charge is -2.12. The fourth-order valence-corrected chi connectivity index (χ4v) is 1.94. The van der Waals surface area contributed by atoms with E-state index >= 15 is 0 Å². The van der Waals surface area contributed by atoms with Crippen LogP contribution in [0.3, 0.4) is 0 Å². The van der Waals surface area contributed by atoms with Crippen molar-refractivity contribution in [1.82, 2.24) is 9.78 Å². The Kier molecular flexibility index (Phi) is 4.40. The molecule has 5 nitrogen and oxygen atoms in total. The van der Waals surface area contributed by atoms with Crippen LogP contribution in [0.2, 0.25) is 0 Å². The molecule has 2 aromatic rings. The summed E-state index contributed by atoms with van der Waals surface area (Å²) in [5, 5.41) is 4.01. The summed E-state index contributed by atoms with van der Waals surface area (Å²) in [5.41, 5.74) is 1.09. The van der Waals surface area contributed by atoms with E-state index in [0.717, 1.165) is 0 Å². The molecule has 0 saturated carbocycles. The number of hydrogen-bond acceptors (Lipinski definition) is 4. The minimum absolute atomic E-state index is 0.0889. The van der Waals surface area contributed by atoms with Crippen molar-refractivity contribution >= 4 is 5.78 Å². The van der Waals surface area contributed by atoms with Crippen LogP contribution in [0.5, 0.6) is 11.5 Å². The molecule has 0 radical (unpaired) electrons. The largest absolute Gasteiger partial charge is 0.490 e. The second-order valence-corrected chi connectivity index (χ2v) is 4.20. The summed E-state index contributed by atoms with van der Waals surface area (Å²) in [4.78, 5) is 12.4. The Hall–Kier alpha value is -2.30. The molecule has 0 aliphatic heterocycles. The number of rotatable bonds is 6. The molecule has 1 aromatic carbocycles. The second kappa shape index (κ2) is 6.23. The number of ketones is 1. The normalized spacial score (nSPS) is 10.3. The van der Waals surface area contributed by atoms with Crippen LogP contribution < -0.4 is 9.47 Å². The predicted molar refractivity (Wildman–Crippen MR) is 75.4 cm³/mol. The number of benzene rings is 1. The number of ether oxygens (including phenoxy) is 2. The van der Waals surface area contributed by atoms with Gasteiger partial charge >= 0.3 is 0 Å². The maximum atomic E-state index is 12.4. The van der Waals surface area contributed by atoms with Crippen LogP contribution in [-0.2, 0) is 7.05 Å². The zero-order valence-electron chi connectivity index (χ0n) is 11.9. The minimum Gasteiger partial charge on any atom is -0.490 e. The molecular formula is C15H18N2O3. The standard InChI is InChI=1S/C15H18N2O3/c1-4-19-13-7-6-11(10-14(13)20-5-2)15(18)12-8-9-16-17(12)3/h6-10H,4-5H2,1-3H3. The molecule has 1 aromatic heterocycles.